The van der Waals surface area contributed by atoms with E-state index in [0.717, 1.165) is 0 Å². The van der Waals surface area contributed by atoms with Gasteiger partial charge in [0, 0.05) is 30.7 Å². The molecule has 2 rings (SSSR count). The van der Waals surface area contributed by atoms with Gasteiger partial charge in [0.05, 0.1) is 0 Å². The first-order chi connectivity index (χ1) is 10.4. The molecule has 0 atom stereocenters. The van der Waals surface area contributed by atoms with Crippen LogP contribution in [0, 0.1) is 0 Å². The molecule has 0 aliphatic rings. The summed E-state index contributed by atoms with van der Waals surface area (Å²) < 4.78 is 1.56. The molecule has 0 aliphatic heterocycles. The molecule has 2 aromatic heterocycles. The second-order valence-corrected chi connectivity index (χ2v) is 4.17. The van der Waals surface area contributed by atoms with Gasteiger partial charge in [0.25, 0.3) is 0 Å². The molecule has 0 saturated carbocycles. The zero-order valence-electron chi connectivity index (χ0n) is 14.0. The molecule has 0 aromatic carbocycles. The molecule has 2 heterocycles. The fraction of sp³-hybridized carbons (Fsp3) is 0.533. The van der Waals surface area contributed by atoms with Crippen LogP contribution >= 0.6 is 0 Å². The van der Waals surface area contributed by atoms with Crippen molar-refractivity contribution in [3.8, 4) is 5.82 Å². The predicted molar refractivity (Wildman–Crippen MR) is 84.3 cm³/mol. The normalized spacial score (nSPS) is 10.5. The van der Waals surface area contributed by atoms with E-state index in [1.807, 2.05) is 41.5 Å². The Balaban J connectivity index is 0.00000102. The number of nitrogens with zero attached hydrogens (tertiary/aromatic N) is 4. The van der Waals surface area contributed by atoms with Crippen molar-refractivity contribution in [3.63, 3.8) is 0 Å². The van der Waals surface area contributed by atoms with Crippen LogP contribution in [0.25, 0.3) is 5.82 Å². The fourth-order valence-electron chi connectivity index (χ4n) is 1.66. The van der Waals surface area contributed by atoms with Gasteiger partial charge in [-0.1, -0.05) is 41.5 Å². The second kappa shape index (κ2) is 9.24. The third-order valence-electron chi connectivity index (χ3n) is 2.41. The van der Waals surface area contributed by atoms with Crippen molar-refractivity contribution in [2.75, 3.05) is 0 Å². The highest BCUT2D eigenvalue weighted by Gasteiger charge is 2.30. The van der Waals surface area contributed by atoms with Crippen LogP contribution in [0.4, 0.5) is 0 Å². The van der Waals surface area contributed by atoms with Crippen LogP contribution in [0.3, 0.4) is 0 Å². The SMILES string of the molecule is CC.CC.CC(C)c1nccn1-c1nccnc1C(O)(O)O. The van der Waals surface area contributed by atoms with Crippen LogP contribution in [0.2, 0.25) is 0 Å². The molecular formula is C15H26N4O3. The van der Waals surface area contributed by atoms with E-state index >= 15 is 0 Å². The van der Waals surface area contributed by atoms with Crippen molar-refractivity contribution in [2.45, 2.75) is 53.4 Å². The monoisotopic (exact) mass is 310 g/mol. The third-order valence-corrected chi connectivity index (χ3v) is 2.41. The largest absolute Gasteiger partial charge is 0.338 e. The maximum absolute atomic E-state index is 9.27. The van der Waals surface area contributed by atoms with Crippen molar-refractivity contribution < 1.29 is 15.3 Å². The van der Waals surface area contributed by atoms with Crippen molar-refractivity contribution in [1.82, 2.24) is 19.5 Å². The first kappa shape index (κ1) is 20.2. The summed E-state index contributed by atoms with van der Waals surface area (Å²) in [6, 6.07) is 0. The van der Waals surface area contributed by atoms with Gasteiger partial charge in [-0.2, -0.15) is 0 Å². The molecule has 0 amide bonds. The minimum atomic E-state index is -3.04. The smallest absolute Gasteiger partial charge is 0.326 e. The summed E-state index contributed by atoms with van der Waals surface area (Å²) in [6.07, 6.45) is 5.85. The third kappa shape index (κ3) is 4.87. The summed E-state index contributed by atoms with van der Waals surface area (Å²) in [5.41, 5.74) is -0.343. The lowest BCUT2D eigenvalue weighted by Crippen LogP contribution is -2.28. The first-order valence-corrected chi connectivity index (χ1v) is 7.43. The Kier molecular flexibility index (Phi) is 8.47. The molecule has 7 nitrogen and oxygen atoms in total. The van der Waals surface area contributed by atoms with E-state index in [-0.39, 0.29) is 17.4 Å². The summed E-state index contributed by atoms with van der Waals surface area (Å²) in [6.45, 7) is 11.9. The molecular weight excluding hydrogens is 284 g/mol. The number of hydrogen-bond acceptors (Lipinski definition) is 6. The number of aromatic nitrogens is 4. The van der Waals surface area contributed by atoms with Gasteiger partial charge in [-0.15, -0.1) is 0 Å². The van der Waals surface area contributed by atoms with E-state index in [0.29, 0.717) is 5.82 Å². The van der Waals surface area contributed by atoms with Crippen LogP contribution in [-0.4, -0.2) is 34.8 Å². The van der Waals surface area contributed by atoms with Crippen LogP contribution in [-0.2, 0) is 5.97 Å². The van der Waals surface area contributed by atoms with Gasteiger partial charge < -0.3 is 15.3 Å². The Morgan fingerprint density at radius 1 is 0.909 bits per heavy atom. The van der Waals surface area contributed by atoms with Gasteiger partial charge in [-0.3, -0.25) is 4.57 Å². The van der Waals surface area contributed by atoms with E-state index in [1.165, 1.54) is 12.4 Å². The summed E-state index contributed by atoms with van der Waals surface area (Å²) >= 11 is 0. The Morgan fingerprint density at radius 3 is 1.95 bits per heavy atom. The van der Waals surface area contributed by atoms with Gasteiger partial charge in [0.1, 0.15) is 5.82 Å². The van der Waals surface area contributed by atoms with E-state index in [2.05, 4.69) is 15.0 Å². The van der Waals surface area contributed by atoms with Crippen molar-refractivity contribution >= 4 is 0 Å². The highest BCUT2D eigenvalue weighted by Crippen LogP contribution is 2.22. The molecule has 0 fully saturated rings. The van der Waals surface area contributed by atoms with Gasteiger partial charge in [-0.25, -0.2) is 15.0 Å². The van der Waals surface area contributed by atoms with Crippen LogP contribution in [0.5, 0.6) is 0 Å². The summed E-state index contributed by atoms with van der Waals surface area (Å²) in [5, 5.41) is 27.8. The maximum atomic E-state index is 9.27. The van der Waals surface area contributed by atoms with Gasteiger partial charge in [0.15, 0.2) is 11.5 Å². The highest BCUT2D eigenvalue weighted by molar-refractivity contribution is 5.32. The fourth-order valence-corrected chi connectivity index (χ4v) is 1.66. The summed E-state index contributed by atoms with van der Waals surface area (Å²) in [4.78, 5) is 11.9. The molecule has 0 unspecified atom stereocenters. The van der Waals surface area contributed by atoms with Crippen LogP contribution < -0.4 is 0 Å². The van der Waals surface area contributed by atoms with Gasteiger partial charge in [0.2, 0.25) is 0 Å². The van der Waals surface area contributed by atoms with Crippen molar-refractivity contribution in [3.05, 3.63) is 36.3 Å². The molecule has 7 heteroatoms. The zero-order chi connectivity index (χ0) is 17.3. The van der Waals surface area contributed by atoms with Crippen LogP contribution in [0.15, 0.2) is 24.8 Å². The first-order valence-electron chi connectivity index (χ1n) is 7.43. The number of imidazole rings is 1. The number of rotatable bonds is 3. The molecule has 0 saturated heterocycles. The molecule has 124 valence electrons. The minimum absolute atomic E-state index is 0.111. The molecule has 0 spiro atoms. The quantitative estimate of drug-likeness (QED) is 0.748. The number of hydrogen-bond donors (Lipinski definition) is 3. The lowest BCUT2D eigenvalue weighted by molar-refractivity contribution is -0.326. The summed E-state index contributed by atoms with van der Waals surface area (Å²) in [5.74, 6) is -2.12. The Morgan fingerprint density at radius 2 is 1.45 bits per heavy atom. The lowest BCUT2D eigenvalue weighted by atomic mass is 10.2. The Labute approximate surface area is 131 Å². The molecule has 2 aromatic rings. The van der Waals surface area contributed by atoms with E-state index in [4.69, 9.17) is 0 Å². The minimum Gasteiger partial charge on any atom is -0.338 e. The molecule has 0 bridgehead atoms. The van der Waals surface area contributed by atoms with Gasteiger partial charge in [-0.05, 0) is 0 Å². The molecule has 0 aliphatic carbocycles. The Hall–Kier alpha value is -1.83. The van der Waals surface area contributed by atoms with E-state index < -0.39 is 5.97 Å². The maximum Gasteiger partial charge on any atom is 0.326 e. The average molecular weight is 310 g/mol. The molecule has 0 radical (unpaired) electrons. The van der Waals surface area contributed by atoms with E-state index in [1.54, 1.807) is 17.0 Å². The van der Waals surface area contributed by atoms with Crippen molar-refractivity contribution in [2.24, 2.45) is 0 Å². The zero-order valence-corrected chi connectivity index (χ0v) is 14.0. The molecule has 3 N–H and O–H groups in total. The number of aliphatic hydroxyl groups is 3. The highest BCUT2D eigenvalue weighted by atomic mass is 16.7. The Bertz CT molecular complexity index is 548. The standard InChI is InChI=1S/C11H14N4O3.2C2H6/c1-7(2)9-14-5-6-15(9)10-8(11(16,17)18)12-3-4-13-10;2*1-2/h3-7,16-18H,1-2H3;2*1-2H3. The summed E-state index contributed by atoms with van der Waals surface area (Å²) in [7, 11) is 0. The lowest BCUT2D eigenvalue weighted by Gasteiger charge is -2.18. The van der Waals surface area contributed by atoms with Gasteiger partial charge >= 0.3 is 5.97 Å². The topological polar surface area (TPSA) is 104 Å². The molecule has 22 heavy (non-hydrogen) atoms. The average Bonchev–Trinajstić information content (AvgIpc) is 3.00. The second-order valence-electron chi connectivity index (χ2n) is 4.17. The van der Waals surface area contributed by atoms with Crippen LogP contribution in [0.1, 0.15) is 59.0 Å². The van der Waals surface area contributed by atoms with E-state index in [9.17, 15) is 15.3 Å². The van der Waals surface area contributed by atoms with Crippen molar-refractivity contribution in [1.29, 1.82) is 0 Å². The predicted octanol–water partition coefficient (Wildman–Crippen LogP) is 1.93.